The average molecular weight is 308 g/mol. The van der Waals surface area contributed by atoms with Crippen LogP contribution in [0.2, 0.25) is 5.02 Å². The van der Waals surface area contributed by atoms with E-state index in [1.165, 1.54) is 12.1 Å². The number of benzene rings is 2. The summed E-state index contributed by atoms with van der Waals surface area (Å²) in [5.74, 6) is 0.167. The highest BCUT2D eigenvalue weighted by atomic mass is 35.5. The van der Waals surface area contributed by atoms with E-state index >= 15 is 0 Å². The molecule has 0 fully saturated rings. The molecule has 108 valence electrons. The summed E-state index contributed by atoms with van der Waals surface area (Å²) in [6.45, 7) is 0.457. The van der Waals surface area contributed by atoms with Crippen molar-refractivity contribution in [2.45, 2.75) is 6.54 Å². The summed E-state index contributed by atoms with van der Waals surface area (Å²) in [7, 11) is 0. The Morgan fingerprint density at radius 3 is 2.81 bits per heavy atom. The summed E-state index contributed by atoms with van der Waals surface area (Å²) in [6.07, 6.45) is 0. The monoisotopic (exact) mass is 307 g/mol. The predicted molar refractivity (Wildman–Crippen MR) is 75.1 cm³/mol. The van der Waals surface area contributed by atoms with Crippen LogP contribution in [0.4, 0.5) is 4.39 Å². The molecule has 0 spiro atoms. The van der Waals surface area contributed by atoms with Gasteiger partial charge in [0.25, 0.3) is 5.91 Å². The molecule has 1 aliphatic rings. The minimum Gasteiger partial charge on any atom is -0.454 e. The molecule has 4 nitrogen and oxygen atoms in total. The van der Waals surface area contributed by atoms with Gasteiger partial charge in [0.05, 0.1) is 5.56 Å². The third-order valence-electron chi connectivity index (χ3n) is 3.07. The Kier molecular flexibility index (Phi) is 3.66. The summed E-state index contributed by atoms with van der Waals surface area (Å²) in [4.78, 5) is 11.9. The van der Waals surface area contributed by atoms with Gasteiger partial charge in [0.15, 0.2) is 11.5 Å². The van der Waals surface area contributed by atoms with Crippen LogP contribution in [0.25, 0.3) is 0 Å². The van der Waals surface area contributed by atoms with Crippen molar-refractivity contribution in [1.82, 2.24) is 5.32 Å². The highest BCUT2D eigenvalue weighted by molar-refractivity contribution is 6.30. The molecule has 0 aromatic heterocycles. The molecule has 2 aromatic rings. The molecule has 0 bridgehead atoms. The Morgan fingerprint density at radius 2 is 2.00 bits per heavy atom. The molecule has 0 unspecified atom stereocenters. The number of fused-ring (bicyclic) bond motifs is 1. The first-order valence-electron chi connectivity index (χ1n) is 6.25. The fourth-order valence-electron chi connectivity index (χ4n) is 2.00. The number of carbonyl (C=O) groups excluding carboxylic acids is 1. The van der Waals surface area contributed by atoms with E-state index in [-0.39, 0.29) is 23.9 Å². The van der Waals surface area contributed by atoms with Crippen LogP contribution < -0.4 is 14.8 Å². The second-order valence-corrected chi connectivity index (χ2v) is 4.93. The van der Waals surface area contributed by atoms with Crippen molar-refractivity contribution in [2.24, 2.45) is 0 Å². The number of nitrogens with one attached hydrogen (secondary N) is 1. The zero-order valence-electron chi connectivity index (χ0n) is 10.9. The van der Waals surface area contributed by atoms with Gasteiger partial charge in [-0.05, 0) is 35.9 Å². The minimum absolute atomic E-state index is 0.0415. The number of hydrogen-bond donors (Lipinski definition) is 1. The van der Waals surface area contributed by atoms with Crippen LogP contribution in [0.5, 0.6) is 11.5 Å². The molecule has 0 saturated heterocycles. The van der Waals surface area contributed by atoms with Gasteiger partial charge >= 0.3 is 0 Å². The summed E-state index contributed by atoms with van der Waals surface area (Å²) in [5.41, 5.74) is 0.794. The number of ether oxygens (including phenoxy) is 2. The van der Waals surface area contributed by atoms with Crippen LogP contribution in [0.15, 0.2) is 36.4 Å². The van der Waals surface area contributed by atoms with Crippen LogP contribution in [0.3, 0.4) is 0 Å². The third kappa shape index (κ3) is 2.92. The van der Waals surface area contributed by atoms with E-state index in [9.17, 15) is 9.18 Å². The first-order valence-corrected chi connectivity index (χ1v) is 6.63. The lowest BCUT2D eigenvalue weighted by Gasteiger charge is -2.07. The van der Waals surface area contributed by atoms with Crippen molar-refractivity contribution >= 4 is 17.5 Å². The predicted octanol–water partition coefficient (Wildman–Crippen LogP) is 3.14. The Balaban J connectivity index is 1.68. The van der Waals surface area contributed by atoms with Gasteiger partial charge in [-0.25, -0.2) is 4.39 Å². The van der Waals surface area contributed by atoms with Gasteiger partial charge in [0, 0.05) is 11.6 Å². The molecule has 1 heterocycles. The Hall–Kier alpha value is -2.27. The first kappa shape index (κ1) is 13.7. The topological polar surface area (TPSA) is 47.6 Å². The normalized spacial score (nSPS) is 12.3. The van der Waals surface area contributed by atoms with E-state index < -0.39 is 11.7 Å². The van der Waals surface area contributed by atoms with Crippen molar-refractivity contribution in [1.29, 1.82) is 0 Å². The largest absolute Gasteiger partial charge is 0.454 e. The molecule has 1 aliphatic heterocycles. The molecule has 0 aliphatic carbocycles. The van der Waals surface area contributed by atoms with Crippen LogP contribution in [0.1, 0.15) is 15.9 Å². The van der Waals surface area contributed by atoms with Crippen molar-refractivity contribution in [3.63, 3.8) is 0 Å². The maximum Gasteiger partial charge on any atom is 0.254 e. The highest BCUT2D eigenvalue weighted by Crippen LogP contribution is 2.32. The molecule has 21 heavy (non-hydrogen) atoms. The lowest BCUT2D eigenvalue weighted by atomic mass is 10.1. The summed E-state index contributed by atoms with van der Waals surface area (Å²) < 4.78 is 24.1. The molecule has 6 heteroatoms. The quantitative estimate of drug-likeness (QED) is 0.947. The van der Waals surface area contributed by atoms with Gasteiger partial charge in [-0.3, -0.25) is 4.79 Å². The van der Waals surface area contributed by atoms with E-state index in [0.717, 1.165) is 11.6 Å². The van der Waals surface area contributed by atoms with Gasteiger partial charge in [0.1, 0.15) is 5.82 Å². The molecular weight excluding hydrogens is 297 g/mol. The van der Waals surface area contributed by atoms with Gasteiger partial charge < -0.3 is 14.8 Å². The molecule has 0 radical (unpaired) electrons. The van der Waals surface area contributed by atoms with Gasteiger partial charge in [-0.1, -0.05) is 17.7 Å². The molecule has 2 aromatic carbocycles. The third-order valence-corrected chi connectivity index (χ3v) is 3.30. The second kappa shape index (κ2) is 5.61. The zero-order valence-corrected chi connectivity index (χ0v) is 11.6. The van der Waals surface area contributed by atoms with Crippen molar-refractivity contribution < 1.29 is 18.7 Å². The van der Waals surface area contributed by atoms with E-state index in [4.69, 9.17) is 21.1 Å². The first-order chi connectivity index (χ1) is 10.1. The molecule has 1 N–H and O–H groups in total. The summed E-state index contributed by atoms with van der Waals surface area (Å²) in [6, 6.07) is 9.29. The maximum absolute atomic E-state index is 13.6. The molecular formula is C15H11ClFNO3. The Labute approximate surface area is 125 Å². The number of hydrogen-bond acceptors (Lipinski definition) is 3. The van der Waals surface area contributed by atoms with E-state index in [1.54, 1.807) is 12.1 Å². The summed E-state index contributed by atoms with van der Waals surface area (Å²) in [5, 5.41) is 2.90. The van der Waals surface area contributed by atoms with Gasteiger partial charge in [0.2, 0.25) is 6.79 Å². The van der Waals surface area contributed by atoms with Crippen molar-refractivity contribution in [2.75, 3.05) is 6.79 Å². The zero-order chi connectivity index (χ0) is 14.8. The smallest absolute Gasteiger partial charge is 0.254 e. The Morgan fingerprint density at radius 1 is 1.19 bits per heavy atom. The lowest BCUT2D eigenvalue weighted by molar-refractivity contribution is 0.0947. The number of amides is 1. The molecule has 0 atom stereocenters. The molecule has 0 saturated carbocycles. The van der Waals surface area contributed by atoms with Crippen LogP contribution in [-0.4, -0.2) is 12.7 Å². The van der Waals surface area contributed by atoms with E-state index in [2.05, 4.69) is 5.32 Å². The van der Waals surface area contributed by atoms with Gasteiger partial charge in [-0.15, -0.1) is 0 Å². The standard InChI is InChI=1S/C15H11ClFNO3/c16-10-2-3-11(12(17)6-10)15(19)18-7-9-1-4-13-14(5-9)21-8-20-13/h1-6H,7-8H2,(H,18,19). The van der Waals surface area contributed by atoms with Crippen LogP contribution in [0, 0.1) is 5.82 Å². The lowest BCUT2D eigenvalue weighted by Crippen LogP contribution is -2.23. The molecule has 3 rings (SSSR count). The van der Waals surface area contributed by atoms with Gasteiger partial charge in [-0.2, -0.15) is 0 Å². The highest BCUT2D eigenvalue weighted by Gasteiger charge is 2.15. The minimum atomic E-state index is -0.648. The fourth-order valence-corrected chi connectivity index (χ4v) is 2.16. The number of rotatable bonds is 3. The van der Waals surface area contributed by atoms with E-state index in [1.807, 2.05) is 6.07 Å². The number of carbonyl (C=O) groups is 1. The van der Waals surface area contributed by atoms with E-state index in [0.29, 0.717) is 11.5 Å². The average Bonchev–Trinajstić information content (AvgIpc) is 2.92. The number of halogens is 2. The van der Waals surface area contributed by atoms with Crippen LogP contribution in [-0.2, 0) is 6.54 Å². The van der Waals surface area contributed by atoms with Crippen molar-refractivity contribution in [3.8, 4) is 11.5 Å². The SMILES string of the molecule is O=C(NCc1ccc2c(c1)OCO2)c1ccc(Cl)cc1F. The summed E-state index contributed by atoms with van der Waals surface area (Å²) >= 11 is 5.65. The Bertz CT molecular complexity index is 705. The maximum atomic E-state index is 13.6. The second-order valence-electron chi connectivity index (χ2n) is 4.49. The molecule has 1 amide bonds. The van der Waals surface area contributed by atoms with Crippen molar-refractivity contribution in [3.05, 3.63) is 58.4 Å². The van der Waals surface area contributed by atoms with Crippen LogP contribution >= 0.6 is 11.6 Å². The fraction of sp³-hybridized carbons (Fsp3) is 0.133.